The number of aryl methyl sites for hydroxylation is 2. The molecule has 2 rings (SSSR count). The number of carbonyl (C=O) groups excluding carboxylic acids is 3. The summed E-state index contributed by atoms with van der Waals surface area (Å²) in [5, 5.41) is 2.74. The summed E-state index contributed by atoms with van der Waals surface area (Å²) in [4.78, 5) is 37.1. The Morgan fingerprint density at radius 3 is 2.52 bits per heavy atom. The summed E-state index contributed by atoms with van der Waals surface area (Å²) in [7, 11) is 1.42. The molecule has 142 valence electrons. The molecule has 2 aromatic carbocycles. The fourth-order valence-electron chi connectivity index (χ4n) is 2.31. The third-order valence-corrected chi connectivity index (χ3v) is 3.89. The number of nitrogens with zero attached hydrogens (tertiary/aromatic N) is 1. The Kier molecular flexibility index (Phi) is 6.65. The molecule has 0 saturated heterocycles. The number of anilines is 1. The van der Waals surface area contributed by atoms with Crippen LogP contribution in [0.5, 0.6) is 0 Å². The van der Waals surface area contributed by atoms with Crippen molar-refractivity contribution in [2.45, 2.75) is 13.8 Å². The maximum atomic E-state index is 13.5. The van der Waals surface area contributed by atoms with Crippen LogP contribution in [-0.2, 0) is 14.3 Å². The number of benzene rings is 2. The van der Waals surface area contributed by atoms with E-state index < -0.39 is 24.3 Å². The Morgan fingerprint density at radius 2 is 1.81 bits per heavy atom. The van der Waals surface area contributed by atoms with Crippen LogP contribution in [0.4, 0.5) is 10.1 Å². The van der Waals surface area contributed by atoms with Crippen molar-refractivity contribution in [2.24, 2.45) is 0 Å². The van der Waals surface area contributed by atoms with Crippen LogP contribution in [-0.4, -0.2) is 42.9 Å². The standard InChI is InChI=1S/C20H21FN2O4/c1-13-8-9-14(2)17(10-13)22-18(24)11-23(3)19(25)12-27-20(26)15-6-4-5-7-16(15)21/h4-10H,11-12H2,1-3H3,(H,22,24). The van der Waals surface area contributed by atoms with Gasteiger partial charge in [-0.25, -0.2) is 9.18 Å². The molecule has 0 aliphatic heterocycles. The van der Waals surface area contributed by atoms with Gasteiger partial charge in [-0.1, -0.05) is 24.3 Å². The Hall–Kier alpha value is -3.22. The largest absolute Gasteiger partial charge is 0.452 e. The highest BCUT2D eigenvalue weighted by molar-refractivity contribution is 5.96. The van der Waals surface area contributed by atoms with E-state index in [0.29, 0.717) is 5.69 Å². The molecule has 0 aliphatic carbocycles. The van der Waals surface area contributed by atoms with Crippen molar-refractivity contribution in [2.75, 3.05) is 25.5 Å². The first-order valence-electron chi connectivity index (χ1n) is 8.30. The summed E-state index contributed by atoms with van der Waals surface area (Å²) < 4.78 is 18.3. The van der Waals surface area contributed by atoms with Crippen molar-refractivity contribution < 1.29 is 23.5 Å². The molecule has 1 N–H and O–H groups in total. The molecule has 0 spiro atoms. The van der Waals surface area contributed by atoms with Crippen molar-refractivity contribution in [1.29, 1.82) is 0 Å². The highest BCUT2D eigenvalue weighted by Gasteiger charge is 2.18. The summed E-state index contributed by atoms with van der Waals surface area (Å²) in [6, 6.07) is 11.0. The lowest BCUT2D eigenvalue weighted by atomic mass is 10.1. The SMILES string of the molecule is Cc1ccc(C)c(NC(=O)CN(C)C(=O)COC(=O)c2ccccc2F)c1. The van der Waals surface area contributed by atoms with Gasteiger partial charge in [0.25, 0.3) is 5.91 Å². The number of carbonyl (C=O) groups is 3. The normalized spacial score (nSPS) is 10.2. The number of amides is 2. The van der Waals surface area contributed by atoms with Crippen LogP contribution in [0.25, 0.3) is 0 Å². The van der Waals surface area contributed by atoms with E-state index in [1.165, 1.54) is 25.2 Å². The number of rotatable bonds is 6. The van der Waals surface area contributed by atoms with Gasteiger partial charge in [-0.3, -0.25) is 9.59 Å². The average molecular weight is 372 g/mol. The van der Waals surface area contributed by atoms with E-state index in [9.17, 15) is 18.8 Å². The third-order valence-electron chi connectivity index (χ3n) is 3.89. The molecule has 2 amide bonds. The monoisotopic (exact) mass is 372 g/mol. The van der Waals surface area contributed by atoms with Gasteiger partial charge >= 0.3 is 5.97 Å². The van der Waals surface area contributed by atoms with Crippen LogP contribution >= 0.6 is 0 Å². The van der Waals surface area contributed by atoms with E-state index in [4.69, 9.17) is 4.74 Å². The topological polar surface area (TPSA) is 75.7 Å². The third kappa shape index (κ3) is 5.64. The van der Waals surface area contributed by atoms with Crippen molar-refractivity contribution in [3.05, 3.63) is 65.0 Å². The maximum Gasteiger partial charge on any atom is 0.341 e. The van der Waals surface area contributed by atoms with Crippen molar-refractivity contribution in [1.82, 2.24) is 4.90 Å². The van der Waals surface area contributed by atoms with Gasteiger partial charge in [-0.2, -0.15) is 0 Å². The van der Waals surface area contributed by atoms with Gasteiger partial charge in [0, 0.05) is 12.7 Å². The van der Waals surface area contributed by atoms with Gasteiger partial charge in [-0.05, 0) is 43.2 Å². The second-order valence-electron chi connectivity index (χ2n) is 6.17. The van der Waals surface area contributed by atoms with E-state index in [2.05, 4.69) is 5.32 Å². The second kappa shape index (κ2) is 8.93. The zero-order valence-electron chi connectivity index (χ0n) is 15.4. The molecule has 0 atom stereocenters. The predicted molar refractivity (Wildman–Crippen MR) is 98.9 cm³/mol. The number of hydrogen-bond acceptors (Lipinski definition) is 4. The van der Waals surface area contributed by atoms with Crippen LogP contribution in [0, 0.1) is 19.7 Å². The lowest BCUT2D eigenvalue weighted by molar-refractivity contribution is -0.136. The summed E-state index contributed by atoms with van der Waals surface area (Å²) in [5.74, 6) is -2.61. The number of nitrogens with one attached hydrogen (secondary N) is 1. The van der Waals surface area contributed by atoms with E-state index in [-0.39, 0.29) is 18.0 Å². The maximum absolute atomic E-state index is 13.5. The van der Waals surface area contributed by atoms with Gasteiger partial charge in [0.15, 0.2) is 6.61 Å². The number of hydrogen-bond donors (Lipinski definition) is 1. The molecule has 0 fully saturated rings. The van der Waals surface area contributed by atoms with Gasteiger partial charge in [0.05, 0.1) is 12.1 Å². The van der Waals surface area contributed by atoms with Crippen LogP contribution in [0.15, 0.2) is 42.5 Å². The number of halogens is 1. The summed E-state index contributed by atoms with van der Waals surface area (Å²) in [5.41, 5.74) is 2.33. The second-order valence-corrected chi connectivity index (χ2v) is 6.17. The zero-order valence-corrected chi connectivity index (χ0v) is 15.4. The molecule has 0 aromatic heterocycles. The number of esters is 1. The molecule has 0 heterocycles. The molecule has 6 nitrogen and oxygen atoms in total. The van der Waals surface area contributed by atoms with E-state index in [0.717, 1.165) is 22.1 Å². The average Bonchev–Trinajstić information content (AvgIpc) is 2.62. The first-order chi connectivity index (χ1) is 12.8. The highest BCUT2D eigenvalue weighted by atomic mass is 19.1. The highest BCUT2D eigenvalue weighted by Crippen LogP contribution is 2.16. The zero-order chi connectivity index (χ0) is 20.0. The van der Waals surface area contributed by atoms with Gasteiger partial charge in [-0.15, -0.1) is 0 Å². The smallest absolute Gasteiger partial charge is 0.341 e. The molecule has 7 heteroatoms. The first-order valence-corrected chi connectivity index (χ1v) is 8.30. The summed E-state index contributed by atoms with van der Waals surface area (Å²) >= 11 is 0. The Labute approximate surface area is 156 Å². The lowest BCUT2D eigenvalue weighted by Crippen LogP contribution is -2.37. The van der Waals surface area contributed by atoms with Crippen molar-refractivity contribution >= 4 is 23.5 Å². The molecule has 0 saturated carbocycles. The molecule has 0 bridgehead atoms. The van der Waals surface area contributed by atoms with Crippen LogP contribution in [0.2, 0.25) is 0 Å². The molecule has 0 aliphatic rings. The first kappa shape index (κ1) is 20.1. The van der Waals surface area contributed by atoms with E-state index in [1.807, 2.05) is 32.0 Å². The molecular weight excluding hydrogens is 351 g/mol. The lowest BCUT2D eigenvalue weighted by Gasteiger charge is -2.17. The quantitative estimate of drug-likeness (QED) is 0.791. The minimum absolute atomic E-state index is 0.205. The Balaban J connectivity index is 1.86. The van der Waals surface area contributed by atoms with Gasteiger partial charge in [0.1, 0.15) is 5.82 Å². The number of likely N-dealkylation sites (N-methyl/N-ethyl adjacent to an activating group) is 1. The van der Waals surface area contributed by atoms with Crippen molar-refractivity contribution in [3.63, 3.8) is 0 Å². The minimum atomic E-state index is -0.935. The summed E-state index contributed by atoms with van der Waals surface area (Å²) in [6.45, 7) is 2.99. The number of ether oxygens (including phenoxy) is 1. The fraction of sp³-hybridized carbons (Fsp3) is 0.250. The summed E-state index contributed by atoms with van der Waals surface area (Å²) in [6.07, 6.45) is 0. The van der Waals surface area contributed by atoms with Crippen LogP contribution in [0.3, 0.4) is 0 Å². The van der Waals surface area contributed by atoms with E-state index >= 15 is 0 Å². The van der Waals surface area contributed by atoms with Crippen LogP contribution in [0.1, 0.15) is 21.5 Å². The fourth-order valence-corrected chi connectivity index (χ4v) is 2.31. The van der Waals surface area contributed by atoms with Crippen LogP contribution < -0.4 is 5.32 Å². The Bertz CT molecular complexity index is 867. The predicted octanol–water partition coefficient (Wildman–Crippen LogP) is 2.70. The minimum Gasteiger partial charge on any atom is -0.452 e. The van der Waals surface area contributed by atoms with E-state index in [1.54, 1.807) is 0 Å². The molecule has 0 unspecified atom stereocenters. The van der Waals surface area contributed by atoms with Crippen molar-refractivity contribution in [3.8, 4) is 0 Å². The van der Waals surface area contributed by atoms with Gasteiger partial charge in [0.2, 0.25) is 5.91 Å². The molecule has 2 aromatic rings. The molecule has 0 radical (unpaired) electrons. The molecule has 27 heavy (non-hydrogen) atoms. The van der Waals surface area contributed by atoms with Gasteiger partial charge < -0.3 is 15.0 Å². The Morgan fingerprint density at radius 1 is 1.11 bits per heavy atom. The molecular formula is C20H21FN2O4.